The summed E-state index contributed by atoms with van der Waals surface area (Å²) in [5.74, 6) is 0.0266. The molecule has 1 aromatic carbocycles. The zero-order valence-corrected chi connectivity index (χ0v) is 12.6. The van der Waals surface area contributed by atoms with Crippen LogP contribution in [0.1, 0.15) is 68.6 Å². The van der Waals surface area contributed by atoms with Gasteiger partial charge in [-0.2, -0.15) is 8.78 Å². The van der Waals surface area contributed by atoms with Gasteiger partial charge >= 0.3 is 6.61 Å². The molecule has 0 aromatic heterocycles. The number of rotatable bonds is 11. The Bertz CT molecular complexity index is 419. The summed E-state index contributed by atoms with van der Waals surface area (Å²) in [6.45, 7) is -0.677. The van der Waals surface area contributed by atoms with Gasteiger partial charge in [0.25, 0.3) is 0 Å². The molecule has 0 radical (unpaired) electrons. The first-order valence-corrected chi connectivity index (χ1v) is 7.71. The minimum absolute atomic E-state index is 0.0109. The standard InChI is InChI=1S/C17H24F2O2/c1-2-3-4-5-6-7-8-12-16(20)14-10-9-11-15(13-14)21-17(18)19/h9-11,13,17H,2-8,12H2,1H3. The van der Waals surface area contributed by atoms with Crippen LogP contribution in [0.5, 0.6) is 5.75 Å². The van der Waals surface area contributed by atoms with Crippen molar-refractivity contribution in [2.45, 2.75) is 64.9 Å². The molecule has 0 amide bonds. The van der Waals surface area contributed by atoms with E-state index in [2.05, 4.69) is 11.7 Å². The van der Waals surface area contributed by atoms with Crippen molar-refractivity contribution in [3.05, 3.63) is 29.8 Å². The van der Waals surface area contributed by atoms with Gasteiger partial charge in [0.2, 0.25) is 0 Å². The number of carbonyl (C=O) groups excluding carboxylic acids is 1. The first-order valence-electron chi connectivity index (χ1n) is 7.71. The highest BCUT2D eigenvalue weighted by Crippen LogP contribution is 2.18. The molecule has 0 N–H and O–H groups in total. The molecule has 0 aliphatic carbocycles. The molecule has 0 bridgehead atoms. The molecule has 0 saturated heterocycles. The third-order valence-corrected chi connectivity index (χ3v) is 3.39. The number of ether oxygens (including phenoxy) is 1. The minimum atomic E-state index is -2.86. The number of halogens is 2. The van der Waals surface area contributed by atoms with E-state index in [0.717, 1.165) is 19.3 Å². The van der Waals surface area contributed by atoms with Crippen LogP contribution in [0.2, 0.25) is 0 Å². The fraction of sp³-hybridized carbons (Fsp3) is 0.588. The molecule has 0 atom stereocenters. The van der Waals surface area contributed by atoms with E-state index in [4.69, 9.17) is 0 Å². The number of benzene rings is 1. The number of carbonyl (C=O) groups is 1. The largest absolute Gasteiger partial charge is 0.435 e. The lowest BCUT2D eigenvalue weighted by atomic mass is 10.0. The quantitative estimate of drug-likeness (QED) is 0.392. The van der Waals surface area contributed by atoms with E-state index in [1.165, 1.54) is 37.8 Å². The lowest BCUT2D eigenvalue weighted by Crippen LogP contribution is -2.04. The molecule has 2 nitrogen and oxygen atoms in total. The fourth-order valence-corrected chi connectivity index (χ4v) is 2.23. The second-order valence-corrected chi connectivity index (χ2v) is 5.20. The summed E-state index contributed by atoms with van der Waals surface area (Å²) in [7, 11) is 0. The van der Waals surface area contributed by atoms with Gasteiger partial charge in [-0.25, -0.2) is 0 Å². The summed E-state index contributed by atoms with van der Waals surface area (Å²) in [6.07, 6.45) is 8.50. The minimum Gasteiger partial charge on any atom is -0.435 e. The predicted octanol–water partition coefficient (Wildman–Crippen LogP) is 5.61. The zero-order chi connectivity index (χ0) is 15.5. The van der Waals surface area contributed by atoms with Crippen LogP contribution in [0, 0.1) is 0 Å². The molecule has 0 spiro atoms. The fourth-order valence-electron chi connectivity index (χ4n) is 2.23. The van der Waals surface area contributed by atoms with Gasteiger partial charge in [0.1, 0.15) is 5.75 Å². The number of Topliss-reactive ketones (excluding diaryl/α,β-unsaturated/α-hetero) is 1. The van der Waals surface area contributed by atoms with Crippen molar-refractivity contribution >= 4 is 5.78 Å². The van der Waals surface area contributed by atoms with E-state index in [1.807, 2.05) is 0 Å². The second-order valence-electron chi connectivity index (χ2n) is 5.20. The van der Waals surface area contributed by atoms with Crippen molar-refractivity contribution in [2.24, 2.45) is 0 Å². The molecule has 21 heavy (non-hydrogen) atoms. The zero-order valence-electron chi connectivity index (χ0n) is 12.6. The first-order chi connectivity index (χ1) is 10.1. The Morgan fingerprint density at radius 2 is 1.76 bits per heavy atom. The van der Waals surface area contributed by atoms with Crippen LogP contribution >= 0.6 is 0 Å². The molecule has 0 aliphatic heterocycles. The van der Waals surface area contributed by atoms with Gasteiger partial charge in [0.15, 0.2) is 5.78 Å². The van der Waals surface area contributed by atoms with Crippen LogP contribution in [0.4, 0.5) is 8.78 Å². The first kappa shape index (κ1) is 17.6. The Kier molecular flexibility index (Phi) is 8.63. The van der Waals surface area contributed by atoms with E-state index >= 15 is 0 Å². The molecule has 0 fully saturated rings. The van der Waals surface area contributed by atoms with Gasteiger partial charge in [-0.1, -0.05) is 57.6 Å². The summed E-state index contributed by atoms with van der Waals surface area (Å²) >= 11 is 0. The molecule has 0 aliphatic rings. The van der Waals surface area contributed by atoms with E-state index < -0.39 is 6.61 Å². The summed E-state index contributed by atoms with van der Waals surface area (Å²) in [6, 6.07) is 6.02. The average molecular weight is 298 g/mol. The number of ketones is 1. The second kappa shape index (κ2) is 10.3. The van der Waals surface area contributed by atoms with Gasteiger partial charge in [-0.15, -0.1) is 0 Å². The van der Waals surface area contributed by atoms with Crippen molar-refractivity contribution in [3.8, 4) is 5.75 Å². The number of alkyl halides is 2. The van der Waals surface area contributed by atoms with Gasteiger partial charge < -0.3 is 4.74 Å². The third-order valence-electron chi connectivity index (χ3n) is 3.39. The topological polar surface area (TPSA) is 26.3 Å². The highest BCUT2D eigenvalue weighted by molar-refractivity contribution is 5.96. The Hall–Kier alpha value is -1.45. The molecule has 118 valence electrons. The Labute approximate surface area is 125 Å². The molecule has 1 aromatic rings. The molecule has 0 unspecified atom stereocenters. The molecular formula is C17H24F2O2. The van der Waals surface area contributed by atoms with Crippen molar-refractivity contribution < 1.29 is 18.3 Å². The number of hydrogen-bond acceptors (Lipinski definition) is 2. The molecular weight excluding hydrogens is 274 g/mol. The molecule has 0 heterocycles. The Morgan fingerprint density at radius 1 is 1.10 bits per heavy atom. The smallest absolute Gasteiger partial charge is 0.387 e. The van der Waals surface area contributed by atoms with Crippen molar-refractivity contribution in [1.82, 2.24) is 0 Å². The summed E-state index contributed by atoms with van der Waals surface area (Å²) in [5.41, 5.74) is 0.444. The van der Waals surface area contributed by atoms with Crippen molar-refractivity contribution in [1.29, 1.82) is 0 Å². The van der Waals surface area contributed by atoms with Crippen LogP contribution in [0.3, 0.4) is 0 Å². The maximum atomic E-state index is 12.1. The number of unbranched alkanes of at least 4 members (excludes halogenated alkanes) is 6. The lowest BCUT2D eigenvalue weighted by Gasteiger charge is -2.06. The number of hydrogen-bond donors (Lipinski definition) is 0. The van der Waals surface area contributed by atoms with Crippen LogP contribution < -0.4 is 4.74 Å². The monoisotopic (exact) mass is 298 g/mol. The SMILES string of the molecule is CCCCCCCCCC(=O)c1cccc(OC(F)F)c1. The van der Waals surface area contributed by atoms with Gasteiger partial charge in [0.05, 0.1) is 0 Å². The Balaban J connectivity index is 2.28. The van der Waals surface area contributed by atoms with Crippen LogP contribution in [-0.2, 0) is 0 Å². The summed E-state index contributed by atoms with van der Waals surface area (Å²) in [5, 5.41) is 0. The maximum Gasteiger partial charge on any atom is 0.387 e. The maximum absolute atomic E-state index is 12.1. The van der Waals surface area contributed by atoms with Crippen LogP contribution in [0.25, 0.3) is 0 Å². The van der Waals surface area contributed by atoms with Crippen molar-refractivity contribution in [2.75, 3.05) is 0 Å². The molecule has 0 saturated carbocycles. The predicted molar refractivity (Wildman–Crippen MR) is 80.0 cm³/mol. The molecule has 4 heteroatoms. The van der Waals surface area contributed by atoms with Gasteiger partial charge in [0, 0.05) is 12.0 Å². The summed E-state index contributed by atoms with van der Waals surface area (Å²) in [4.78, 5) is 12.0. The van der Waals surface area contributed by atoms with E-state index in [-0.39, 0.29) is 11.5 Å². The van der Waals surface area contributed by atoms with Crippen LogP contribution in [0.15, 0.2) is 24.3 Å². The van der Waals surface area contributed by atoms with Crippen molar-refractivity contribution in [3.63, 3.8) is 0 Å². The summed E-state index contributed by atoms with van der Waals surface area (Å²) < 4.78 is 28.5. The average Bonchev–Trinajstić information content (AvgIpc) is 2.45. The van der Waals surface area contributed by atoms with Gasteiger partial charge in [-0.05, 0) is 18.6 Å². The van der Waals surface area contributed by atoms with Gasteiger partial charge in [-0.3, -0.25) is 4.79 Å². The van der Waals surface area contributed by atoms with Crippen LogP contribution in [-0.4, -0.2) is 12.4 Å². The third kappa shape index (κ3) is 7.78. The highest BCUT2D eigenvalue weighted by atomic mass is 19.3. The van der Waals surface area contributed by atoms with E-state index in [1.54, 1.807) is 12.1 Å². The normalized spacial score (nSPS) is 10.9. The lowest BCUT2D eigenvalue weighted by molar-refractivity contribution is -0.0498. The van der Waals surface area contributed by atoms with E-state index in [9.17, 15) is 13.6 Å². The highest BCUT2D eigenvalue weighted by Gasteiger charge is 2.09. The molecule has 1 rings (SSSR count). The Morgan fingerprint density at radius 3 is 2.43 bits per heavy atom. The van der Waals surface area contributed by atoms with E-state index in [0.29, 0.717) is 12.0 Å².